The van der Waals surface area contributed by atoms with E-state index < -0.39 is 0 Å². The highest BCUT2D eigenvalue weighted by Gasteiger charge is 2.19. The van der Waals surface area contributed by atoms with Crippen LogP contribution in [0.15, 0.2) is 34.8 Å². The van der Waals surface area contributed by atoms with Crippen molar-refractivity contribution in [2.75, 3.05) is 38.2 Å². The molecule has 1 saturated heterocycles. The second-order valence-electron chi connectivity index (χ2n) is 5.46. The number of hydrogen-bond acceptors (Lipinski definition) is 5. The summed E-state index contributed by atoms with van der Waals surface area (Å²) in [6, 6.07) is 4.55. The molecule has 0 amide bonds. The Hall–Kier alpha value is -1.62. The molecule has 1 aromatic heterocycles. The maximum absolute atomic E-state index is 13.5. The van der Waals surface area contributed by atoms with Crippen LogP contribution >= 0.6 is 35.3 Å². The fourth-order valence-electron chi connectivity index (χ4n) is 2.60. The van der Waals surface area contributed by atoms with Crippen molar-refractivity contribution in [3.05, 3.63) is 41.2 Å². The largest absolute Gasteiger partial charge is 0.497 e. The van der Waals surface area contributed by atoms with Gasteiger partial charge in [0.15, 0.2) is 11.1 Å². The molecule has 2 aromatic rings. The Kier molecular flexibility index (Phi) is 7.24. The van der Waals surface area contributed by atoms with Crippen molar-refractivity contribution in [1.82, 2.24) is 9.88 Å². The Morgan fingerprint density at radius 2 is 2.08 bits per heavy atom. The molecule has 136 valence electrons. The van der Waals surface area contributed by atoms with Crippen molar-refractivity contribution in [2.45, 2.75) is 6.54 Å². The number of rotatable bonds is 4. The topological polar surface area (TPSA) is 67.0 Å². The average molecular weight is 477 g/mol. The van der Waals surface area contributed by atoms with Gasteiger partial charge in [-0.25, -0.2) is 14.4 Å². The van der Waals surface area contributed by atoms with Gasteiger partial charge in [-0.1, -0.05) is 0 Å². The Labute approximate surface area is 167 Å². The van der Waals surface area contributed by atoms with Crippen molar-refractivity contribution < 1.29 is 9.13 Å². The van der Waals surface area contributed by atoms with Crippen LogP contribution in [0.3, 0.4) is 0 Å². The molecule has 3 rings (SSSR count). The highest BCUT2D eigenvalue weighted by Crippen LogP contribution is 2.19. The molecule has 0 spiro atoms. The van der Waals surface area contributed by atoms with E-state index in [9.17, 15) is 4.39 Å². The SMILES string of the molecule is COc1cc(F)cc(CN=C(N)N2CCN(c3nccs3)CC2)c1.I. The van der Waals surface area contributed by atoms with Crippen LogP contribution in [0, 0.1) is 5.82 Å². The second kappa shape index (κ2) is 9.18. The van der Waals surface area contributed by atoms with Crippen molar-refractivity contribution in [3.63, 3.8) is 0 Å². The third-order valence-corrected chi connectivity index (χ3v) is 4.72. The molecule has 2 heterocycles. The number of methoxy groups -OCH3 is 1. The maximum atomic E-state index is 13.5. The fraction of sp³-hybridized carbons (Fsp3) is 0.375. The van der Waals surface area contributed by atoms with Crippen molar-refractivity contribution in [2.24, 2.45) is 10.7 Å². The minimum absolute atomic E-state index is 0. The zero-order valence-electron chi connectivity index (χ0n) is 13.9. The van der Waals surface area contributed by atoms with E-state index in [1.807, 2.05) is 16.5 Å². The predicted molar refractivity (Wildman–Crippen MR) is 110 cm³/mol. The van der Waals surface area contributed by atoms with E-state index in [1.54, 1.807) is 17.4 Å². The lowest BCUT2D eigenvalue weighted by Crippen LogP contribution is -2.51. The molecular weight excluding hydrogens is 456 g/mol. The van der Waals surface area contributed by atoms with Gasteiger partial charge in [0.25, 0.3) is 0 Å². The number of ether oxygens (including phenoxy) is 1. The quantitative estimate of drug-likeness (QED) is 0.417. The number of nitrogens with two attached hydrogens (primary N) is 1. The molecule has 0 atom stereocenters. The van der Waals surface area contributed by atoms with Gasteiger partial charge in [0.05, 0.1) is 13.7 Å². The highest BCUT2D eigenvalue weighted by atomic mass is 127. The van der Waals surface area contributed by atoms with Gasteiger partial charge in [-0.2, -0.15) is 0 Å². The van der Waals surface area contributed by atoms with Gasteiger partial charge in [0, 0.05) is 43.8 Å². The van der Waals surface area contributed by atoms with Gasteiger partial charge in [-0.3, -0.25) is 0 Å². The third kappa shape index (κ3) is 5.18. The zero-order chi connectivity index (χ0) is 16.9. The van der Waals surface area contributed by atoms with E-state index in [-0.39, 0.29) is 29.8 Å². The molecule has 1 aromatic carbocycles. The summed E-state index contributed by atoms with van der Waals surface area (Å²) in [5.74, 6) is 0.628. The molecule has 0 unspecified atom stereocenters. The second-order valence-corrected chi connectivity index (χ2v) is 6.34. The number of benzene rings is 1. The number of nitrogens with zero attached hydrogens (tertiary/aromatic N) is 4. The first-order chi connectivity index (χ1) is 11.7. The summed E-state index contributed by atoms with van der Waals surface area (Å²) in [5.41, 5.74) is 6.82. The van der Waals surface area contributed by atoms with Crippen LogP contribution in [-0.4, -0.2) is 49.1 Å². The smallest absolute Gasteiger partial charge is 0.191 e. The Bertz CT molecular complexity index is 705. The molecule has 2 N–H and O–H groups in total. The van der Waals surface area contributed by atoms with Crippen LogP contribution in [0.2, 0.25) is 0 Å². The summed E-state index contributed by atoms with van der Waals surface area (Å²) in [6.45, 7) is 3.63. The Morgan fingerprint density at radius 3 is 2.72 bits per heavy atom. The molecule has 0 radical (unpaired) electrons. The molecule has 6 nitrogen and oxygen atoms in total. The minimum Gasteiger partial charge on any atom is -0.497 e. The standard InChI is InChI=1S/C16H20FN5OS.HI/c1-23-14-9-12(8-13(17)10-14)11-20-15(18)21-3-5-22(6-4-21)16-19-2-7-24-16;/h2,7-10H,3-6,11H2,1H3,(H2,18,20);1H. The van der Waals surface area contributed by atoms with Gasteiger partial charge < -0.3 is 20.3 Å². The number of piperazine rings is 1. The van der Waals surface area contributed by atoms with E-state index in [1.165, 1.54) is 19.2 Å². The van der Waals surface area contributed by atoms with Gasteiger partial charge in [0.1, 0.15) is 11.6 Å². The number of thiazole rings is 1. The summed E-state index contributed by atoms with van der Waals surface area (Å²) in [6.07, 6.45) is 1.81. The minimum atomic E-state index is -0.338. The Morgan fingerprint density at radius 1 is 1.32 bits per heavy atom. The van der Waals surface area contributed by atoms with Crippen molar-refractivity contribution >= 4 is 46.4 Å². The van der Waals surface area contributed by atoms with E-state index in [2.05, 4.69) is 14.9 Å². The summed E-state index contributed by atoms with van der Waals surface area (Å²) in [4.78, 5) is 13.0. The molecule has 25 heavy (non-hydrogen) atoms. The first kappa shape index (κ1) is 19.7. The number of aromatic nitrogens is 1. The summed E-state index contributed by atoms with van der Waals surface area (Å²) >= 11 is 1.64. The van der Waals surface area contributed by atoms with E-state index >= 15 is 0 Å². The number of hydrogen-bond donors (Lipinski definition) is 1. The third-order valence-electron chi connectivity index (χ3n) is 3.88. The lowest BCUT2D eigenvalue weighted by molar-refractivity contribution is 0.380. The maximum Gasteiger partial charge on any atom is 0.191 e. The molecule has 0 aliphatic carbocycles. The molecule has 9 heteroatoms. The van der Waals surface area contributed by atoms with Crippen LogP contribution in [0.1, 0.15) is 5.56 Å². The fourth-order valence-corrected chi connectivity index (χ4v) is 3.30. The van der Waals surface area contributed by atoms with Crippen molar-refractivity contribution in [1.29, 1.82) is 0 Å². The molecule has 0 bridgehead atoms. The van der Waals surface area contributed by atoms with Crippen LogP contribution in [0.5, 0.6) is 5.75 Å². The van der Waals surface area contributed by atoms with E-state index in [0.29, 0.717) is 18.3 Å². The average Bonchev–Trinajstić information content (AvgIpc) is 3.14. The molecule has 0 saturated carbocycles. The summed E-state index contributed by atoms with van der Waals surface area (Å²) in [5, 5.41) is 3.02. The lowest BCUT2D eigenvalue weighted by atomic mass is 10.2. The lowest BCUT2D eigenvalue weighted by Gasteiger charge is -2.35. The van der Waals surface area contributed by atoms with Crippen LogP contribution in [-0.2, 0) is 6.54 Å². The predicted octanol–water partition coefficient (Wildman–Crippen LogP) is 2.55. The summed E-state index contributed by atoms with van der Waals surface area (Å²) in [7, 11) is 1.51. The van der Waals surface area contributed by atoms with Crippen LogP contribution in [0.4, 0.5) is 9.52 Å². The van der Waals surface area contributed by atoms with Gasteiger partial charge in [-0.15, -0.1) is 35.3 Å². The number of aliphatic imine (C=N–C) groups is 1. The van der Waals surface area contributed by atoms with E-state index in [0.717, 1.165) is 36.9 Å². The van der Waals surface area contributed by atoms with Crippen LogP contribution in [0.25, 0.3) is 0 Å². The normalized spacial score (nSPS) is 15.0. The first-order valence-corrected chi connectivity index (χ1v) is 8.56. The molecular formula is C16H21FIN5OS. The van der Waals surface area contributed by atoms with Gasteiger partial charge in [0.2, 0.25) is 0 Å². The van der Waals surface area contributed by atoms with Gasteiger partial charge >= 0.3 is 0 Å². The monoisotopic (exact) mass is 477 g/mol. The van der Waals surface area contributed by atoms with E-state index in [4.69, 9.17) is 10.5 Å². The van der Waals surface area contributed by atoms with Gasteiger partial charge in [-0.05, 0) is 17.7 Å². The Balaban J connectivity index is 0.00000225. The van der Waals surface area contributed by atoms with Crippen LogP contribution < -0.4 is 15.4 Å². The summed E-state index contributed by atoms with van der Waals surface area (Å²) < 4.78 is 18.6. The number of halogens is 2. The number of anilines is 1. The number of guanidine groups is 1. The first-order valence-electron chi connectivity index (χ1n) is 7.68. The highest BCUT2D eigenvalue weighted by molar-refractivity contribution is 14.0. The molecule has 1 fully saturated rings. The molecule has 1 aliphatic rings. The molecule has 1 aliphatic heterocycles. The zero-order valence-corrected chi connectivity index (χ0v) is 17.0. The van der Waals surface area contributed by atoms with Crippen molar-refractivity contribution in [3.8, 4) is 5.75 Å².